The molecule has 1 aliphatic rings. The van der Waals surface area contributed by atoms with Crippen LogP contribution in [-0.4, -0.2) is 54.5 Å². The first-order chi connectivity index (χ1) is 13.3. The molecule has 140 valence electrons. The highest BCUT2D eigenvalue weighted by atomic mass is 16.3. The van der Waals surface area contributed by atoms with Crippen LogP contribution in [0.3, 0.4) is 0 Å². The van der Waals surface area contributed by atoms with E-state index >= 15 is 0 Å². The van der Waals surface area contributed by atoms with Gasteiger partial charge in [-0.05, 0) is 12.1 Å². The SMILES string of the molecule is OCC[NH+]1CC[NH+]([C@@H](c2ccccc2)c2ccc3cccnc3c2O)CC1. The first kappa shape index (κ1) is 17.9. The molecule has 1 aromatic heterocycles. The fourth-order valence-electron chi connectivity index (χ4n) is 4.28. The molecule has 0 saturated carbocycles. The molecule has 0 amide bonds. The first-order valence-corrected chi connectivity index (χ1v) is 9.68. The number of aromatic hydroxyl groups is 1. The van der Waals surface area contributed by atoms with Crippen LogP contribution in [0.2, 0.25) is 0 Å². The third-order valence-corrected chi connectivity index (χ3v) is 5.70. The predicted octanol–water partition coefficient (Wildman–Crippen LogP) is -0.194. The normalized spacial score (nSPS) is 21.2. The second-order valence-electron chi connectivity index (χ2n) is 7.30. The quantitative estimate of drug-likeness (QED) is 0.507. The Morgan fingerprint density at radius 3 is 2.44 bits per heavy atom. The first-order valence-electron chi connectivity index (χ1n) is 9.68. The molecule has 1 fully saturated rings. The van der Waals surface area contributed by atoms with E-state index in [2.05, 4.69) is 41.4 Å². The van der Waals surface area contributed by atoms with Crippen LogP contribution in [-0.2, 0) is 0 Å². The Kier molecular flexibility index (Phi) is 5.34. The minimum absolute atomic E-state index is 0.0771. The van der Waals surface area contributed by atoms with Gasteiger partial charge in [0.1, 0.15) is 44.3 Å². The maximum absolute atomic E-state index is 11.0. The fourth-order valence-corrected chi connectivity index (χ4v) is 4.28. The highest BCUT2D eigenvalue weighted by molar-refractivity contribution is 5.85. The second-order valence-corrected chi connectivity index (χ2v) is 7.30. The van der Waals surface area contributed by atoms with Gasteiger partial charge in [-0.25, -0.2) is 0 Å². The van der Waals surface area contributed by atoms with E-state index in [-0.39, 0.29) is 12.6 Å². The van der Waals surface area contributed by atoms with Crippen LogP contribution < -0.4 is 9.80 Å². The Morgan fingerprint density at radius 2 is 1.70 bits per heavy atom. The molecule has 0 radical (unpaired) electrons. The monoisotopic (exact) mass is 365 g/mol. The minimum Gasteiger partial charge on any atom is -0.505 e. The van der Waals surface area contributed by atoms with Crippen LogP contribution in [0.1, 0.15) is 17.2 Å². The van der Waals surface area contributed by atoms with Crippen molar-refractivity contribution in [2.75, 3.05) is 39.3 Å². The number of aromatic nitrogens is 1. The third kappa shape index (κ3) is 3.67. The molecule has 1 saturated heterocycles. The Morgan fingerprint density at radius 1 is 0.926 bits per heavy atom. The summed E-state index contributed by atoms with van der Waals surface area (Å²) in [5, 5.41) is 21.2. The summed E-state index contributed by atoms with van der Waals surface area (Å²) in [6.07, 6.45) is 1.73. The van der Waals surface area contributed by atoms with E-state index in [9.17, 15) is 10.2 Å². The minimum atomic E-state index is 0.0771. The fraction of sp³-hybridized carbons (Fsp3) is 0.318. The lowest BCUT2D eigenvalue weighted by atomic mass is 9.94. The summed E-state index contributed by atoms with van der Waals surface area (Å²) < 4.78 is 0. The van der Waals surface area contributed by atoms with Gasteiger partial charge < -0.3 is 20.0 Å². The van der Waals surface area contributed by atoms with Gasteiger partial charge in [-0.3, -0.25) is 4.98 Å². The standard InChI is InChI=1S/C22H25N3O2/c26-16-15-24-11-13-25(14-12-24)21(18-5-2-1-3-6-18)19-9-8-17-7-4-10-23-20(17)22(19)27/h1-10,21,26-27H,11-16H2/p+2/t21-/m0/s1. The maximum Gasteiger partial charge on any atom is 0.151 e. The van der Waals surface area contributed by atoms with Crippen molar-refractivity contribution in [3.63, 3.8) is 0 Å². The van der Waals surface area contributed by atoms with E-state index in [1.54, 1.807) is 6.20 Å². The van der Waals surface area contributed by atoms with Crippen molar-refractivity contribution in [1.82, 2.24) is 4.98 Å². The van der Waals surface area contributed by atoms with Gasteiger partial charge in [-0.15, -0.1) is 0 Å². The number of piperazine rings is 1. The molecule has 0 aliphatic carbocycles. The lowest BCUT2D eigenvalue weighted by Crippen LogP contribution is -3.28. The molecule has 27 heavy (non-hydrogen) atoms. The highest BCUT2D eigenvalue weighted by Gasteiger charge is 2.33. The van der Waals surface area contributed by atoms with Crippen LogP contribution in [0.5, 0.6) is 5.75 Å². The molecule has 5 heteroatoms. The highest BCUT2D eigenvalue weighted by Crippen LogP contribution is 2.32. The lowest BCUT2D eigenvalue weighted by molar-refractivity contribution is -1.02. The topological polar surface area (TPSA) is 62.2 Å². The summed E-state index contributed by atoms with van der Waals surface area (Å²) in [6.45, 7) is 5.14. The van der Waals surface area contributed by atoms with E-state index in [0.29, 0.717) is 11.3 Å². The van der Waals surface area contributed by atoms with Gasteiger partial charge in [-0.1, -0.05) is 42.5 Å². The molecule has 0 bridgehead atoms. The average molecular weight is 365 g/mol. The lowest BCUT2D eigenvalue weighted by Gasteiger charge is -2.35. The zero-order valence-corrected chi connectivity index (χ0v) is 15.4. The number of pyridine rings is 1. The molecule has 2 aromatic carbocycles. The number of fused-ring (bicyclic) bond motifs is 1. The molecular weight excluding hydrogens is 338 g/mol. The van der Waals surface area contributed by atoms with Crippen molar-refractivity contribution in [1.29, 1.82) is 0 Å². The summed E-state index contributed by atoms with van der Waals surface area (Å²) >= 11 is 0. The summed E-state index contributed by atoms with van der Waals surface area (Å²) in [5.74, 6) is 0.291. The van der Waals surface area contributed by atoms with Crippen molar-refractivity contribution in [2.45, 2.75) is 6.04 Å². The zero-order valence-electron chi connectivity index (χ0n) is 15.4. The number of nitrogens with one attached hydrogen (secondary N) is 2. The maximum atomic E-state index is 11.0. The molecular formula is C22H27N3O2+2. The summed E-state index contributed by atoms with van der Waals surface area (Å²) in [7, 11) is 0. The smallest absolute Gasteiger partial charge is 0.151 e. The Bertz CT molecular complexity index is 892. The van der Waals surface area contributed by atoms with Gasteiger partial charge in [-0.2, -0.15) is 0 Å². The molecule has 3 aromatic rings. The van der Waals surface area contributed by atoms with Gasteiger partial charge >= 0.3 is 0 Å². The van der Waals surface area contributed by atoms with Crippen LogP contribution in [0, 0.1) is 0 Å². The van der Waals surface area contributed by atoms with Crippen LogP contribution in [0.15, 0.2) is 60.8 Å². The van der Waals surface area contributed by atoms with Crippen LogP contribution >= 0.6 is 0 Å². The summed E-state index contributed by atoms with van der Waals surface area (Å²) in [6, 6.07) is 18.5. The molecule has 4 rings (SSSR count). The van der Waals surface area contributed by atoms with Crippen molar-refractivity contribution in [2.24, 2.45) is 0 Å². The van der Waals surface area contributed by atoms with Gasteiger partial charge in [0.25, 0.3) is 0 Å². The second kappa shape index (κ2) is 8.05. The summed E-state index contributed by atoms with van der Waals surface area (Å²) in [4.78, 5) is 7.32. The van der Waals surface area contributed by atoms with Crippen LogP contribution in [0.25, 0.3) is 10.9 Å². The number of hydrogen-bond acceptors (Lipinski definition) is 3. The molecule has 1 atom stereocenters. The zero-order chi connectivity index (χ0) is 18.6. The van der Waals surface area contributed by atoms with Crippen molar-refractivity contribution in [3.8, 4) is 5.75 Å². The van der Waals surface area contributed by atoms with E-state index in [4.69, 9.17) is 0 Å². The number of phenolic OH excluding ortho intramolecular Hbond substituents is 1. The summed E-state index contributed by atoms with van der Waals surface area (Å²) in [5.41, 5.74) is 2.82. The molecule has 0 spiro atoms. The number of benzene rings is 2. The van der Waals surface area contributed by atoms with Crippen molar-refractivity contribution < 1.29 is 20.0 Å². The molecule has 0 unspecified atom stereocenters. The molecule has 2 heterocycles. The number of rotatable bonds is 5. The van der Waals surface area contributed by atoms with E-state index < -0.39 is 0 Å². The Labute approximate surface area is 159 Å². The third-order valence-electron chi connectivity index (χ3n) is 5.70. The Hall–Kier alpha value is -2.47. The Balaban J connectivity index is 1.73. The average Bonchev–Trinajstić information content (AvgIpc) is 2.72. The van der Waals surface area contributed by atoms with Gasteiger partial charge in [0, 0.05) is 17.1 Å². The van der Waals surface area contributed by atoms with Crippen LogP contribution in [0.4, 0.5) is 0 Å². The van der Waals surface area contributed by atoms with Crippen molar-refractivity contribution >= 4 is 10.9 Å². The van der Waals surface area contributed by atoms with Gasteiger partial charge in [0.05, 0.1) is 12.2 Å². The van der Waals surface area contributed by atoms with Gasteiger partial charge in [0.15, 0.2) is 5.75 Å². The number of quaternary nitrogens is 2. The number of aliphatic hydroxyl groups is 1. The van der Waals surface area contributed by atoms with E-state index in [1.807, 2.05) is 18.2 Å². The predicted molar refractivity (Wildman–Crippen MR) is 105 cm³/mol. The number of nitrogens with zero attached hydrogens (tertiary/aromatic N) is 1. The number of hydrogen-bond donors (Lipinski definition) is 4. The number of phenols is 1. The number of aliphatic hydroxyl groups excluding tert-OH is 1. The van der Waals surface area contributed by atoms with Gasteiger partial charge in [0.2, 0.25) is 0 Å². The van der Waals surface area contributed by atoms with E-state index in [0.717, 1.165) is 43.7 Å². The van der Waals surface area contributed by atoms with Crippen molar-refractivity contribution in [3.05, 3.63) is 71.9 Å². The molecule has 4 N–H and O–H groups in total. The van der Waals surface area contributed by atoms with E-state index in [1.165, 1.54) is 15.4 Å². The largest absolute Gasteiger partial charge is 0.505 e. The molecule has 5 nitrogen and oxygen atoms in total. The molecule has 1 aliphatic heterocycles.